The van der Waals surface area contributed by atoms with Gasteiger partial charge in [-0.05, 0) is 41.0 Å². The molecule has 7 nitrogen and oxygen atoms in total. The third-order valence-electron chi connectivity index (χ3n) is 5.77. The summed E-state index contributed by atoms with van der Waals surface area (Å²) in [5, 5.41) is 14.4. The molecule has 3 rings (SSSR count). The molecule has 0 spiro atoms. The number of carboxylic acid groups (broad SMARTS) is 1. The second-order valence-corrected chi connectivity index (χ2v) is 8.34. The third-order valence-corrected chi connectivity index (χ3v) is 5.77. The van der Waals surface area contributed by atoms with Crippen LogP contribution in [0.2, 0.25) is 0 Å². The van der Waals surface area contributed by atoms with E-state index in [2.05, 4.69) is 41.5 Å². The van der Waals surface area contributed by atoms with Crippen LogP contribution in [0, 0.1) is 5.92 Å². The lowest BCUT2D eigenvalue weighted by Gasteiger charge is -2.17. The average Bonchev–Trinajstić information content (AvgIpc) is 3.12. The van der Waals surface area contributed by atoms with Crippen LogP contribution in [-0.4, -0.2) is 42.3 Å². The first kappa shape index (κ1) is 24.0. The highest BCUT2D eigenvalue weighted by molar-refractivity contribution is 5.83. The summed E-state index contributed by atoms with van der Waals surface area (Å²) in [6.07, 6.45) is 1.95. The quantitative estimate of drug-likeness (QED) is 0.447. The Kier molecular flexibility index (Phi) is 8.24. The molecule has 0 aliphatic heterocycles. The number of carbonyl (C=O) groups is 3. The van der Waals surface area contributed by atoms with E-state index in [9.17, 15) is 19.5 Å². The Morgan fingerprint density at radius 2 is 1.70 bits per heavy atom. The number of fused-ring (bicyclic) bond motifs is 3. The van der Waals surface area contributed by atoms with E-state index < -0.39 is 18.1 Å². The molecule has 0 saturated heterocycles. The number of alkyl carbamates (subject to hydrolysis) is 1. The average molecular weight is 451 g/mol. The van der Waals surface area contributed by atoms with Crippen LogP contribution >= 0.6 is 0 Å². The van der Waals surface area contributed by atoms with Crippen LogP contribution in [0.1, 0.15) is 43.2 Å². The first-order valence-electron chi connectivity index (χ1n) is 11.1. The molecule has 2 aromatic rings. The molecule has 2 unspecified atom stereocenters. The highest BCUT2D eigenvalue weighted by Crippen LogP contribution is 2.44. The van der Waals surface area contributed by atoms with E-state index in [1.54, 1.807) is 6.08 Å². The number of ether oxygens (including phenoxy) is 1. The van der Waals surface area contributed by atoms with Crippen molar-refractivity contribution in [2.24, 2.45) is 5.92 Å². The van der Waals surface area contributed by atoms with Crippen molar-refractivity contribution in [3.63, 3.8) is 0 Å². The molecule has 0 heterocycles. The van der Waals surface area contributed by atoms with E-state index >= 15 is 0 Å². The number of hydrogen-bond acceptors (Lipinski definition) is 4. The summed E-state index contributed by atoms with van der Waals surface area (Å²) >= 11 is 0. The van der Waals surface area contributed by atoms with Gasteiger partial charge in [-0.2, -0.15) is 0 Å². The highest BCUT2D eigenvalue weighted by Gasteiger charge is 2.29. The summed E-state index contributed by atoms with van der Waals surface area (Å²) in [7, 11) is 0. The molecule has 0 bridgehead atoms. The Labute approximate surface area is 193 Å². The fourth-order valence-corrected chi connectivity index (χ4v) is 4.09. The van der Waals surface area contributed by atoms with Gasteiger partial charge in [0.1, 0.15) is 12.6 Å². The van der Waals surface area contributed by atoms with Crippen molar-refractivity contribution in [3.05, 3.63) is 72.3 Å². The maximum Gasteiger partial charge on any atom is 0.407 e. The zero-order valence-corrected chi connectivity index (χ0v) is 18.8. The second-order valence-electron chi connectivity index (χ2n) is 8.34. The number of carboxylic acids is 1. The molecule has 1 aliphatic carbocycles. The molecule has 174 valence electrons. The Morgan fingerprint density at radius 3 is 2.27 bits per heavy atom. The Morgan fingerprint density at radius 1 is 1.09 bits per heavy atom. The maximum absolute atomic E-state index is 12.3. The fraction of sp³-hybridized carbons (Fsp3) is 0.346. The van der Waals surface area contributed by atoms with Gasteiger partial charge in [-0.1, -0.05) is 61.5 Å². The predicted octanol–water partition coefficient (Wildman–Crippen LogP) is 4.09. The summed E-state index contributed by atoms with van der Waals surface area (Å²) in [5.74, 6) is -1.64. The maximum atomic E-state index is 12.3. The van der Waals surface area contributed by atoms with E-state index in [-0.39, 0.29) is 43.7 Å². The van der Waals surface area contributed by atoms with Crippen molar-refractivity contribution in [1.82, 2.24) is 10.6 Å². The van der Waals surface area contributed by atoms with E-state index in [4.69, 9.17) is 4.74 Å². The first-order chi connectivity index (χ1) is 15.9. The third kappa shape index (κ3) is 6.22. The number of amides is 2. The fourth-order valence-electron chi connectivity index (χ4n) is 4.09. The van der Waals surface area contributed by atoms with Crippen LogP contribution < -0.4 is 10.6 Å². The summed E-state index contributed by atoms with van der Waals surface area (Å²) < 4.78 is 5.50. The van der Waals surface area contributed by atoms with Gasteiger partial charge < -0.3 is 20.5 Å². The first-order valence-corrected chi connectivity index (χ1v) is 11.1. The molecule has 0 aromatic heterocycles. The Hall–Kier alpha value is -3.61. The van der Waals surface area contributed by atoms with Crippen LogP contribution in [0.4, 0.5) is 4.79 Å². The SMILES string of the molecule is C=CCCC(NC(=O)CC(C)CNC(=O)OCC1c2ccccc2-c2ccccc21)C(=O)O. The summed E-state index contributed by atoms with van der Waals surface area (Å²) in [6, 6.07) is 15.3. The molecule has 2 aromatic carbocycles. The van der Waals surface area contributed by atoms with Crippen molar-refractivity contribution < 1.29 is 24.2 Å². The number of rotatable bonds is 11. The van der Waals surface area contributed by atoms with Crippen molar-refractivity contribution in [3.8, 4) is 11.1 Å². The lowest BCUT2D eigenvalue weighted by molar-refractivity contribution is -0.142. The highest BCUT2D eigenvalue weighted by atomic mass is 16.5. The topological polar surface area (TPSA) is 105 Å². The van der Waals surface area contributed by atoms with Gasteiger partial charge in [0.15, 0.2) is 0 Å². The largest absolute Gasteiger partial charge is 0.480 e. The number of carbonyl (C=O) groups excluding carboxylic acids is 2. The monoisotopic (exact) mass is 450 g/mol. The molecule has 33 heavy (non-hydrogen) atoms. The number of nitrogens with one attached hydrogen (secondary N) is 2. The van der Waals surface area contributed by atoms with Gasteiger partial charge >= 0.3 is 12.1 Å². The van der Waals surface area contributed by atoms with Gasteiger partial charge in [0.25, 0.3) is 0 Å². The van der Waals surface area contributed by atoms with E-state index in [1.165, 1.54) is 0 Å². The minimum absolute atomic E-state index is 0.0186. The molecule has 2 atom stereocenters. The summed E-state index contributed by atoms with van der Waals surface area (Å²) in [4.78, 5) is 35.7. The van der Waals surface area contributed by atoms with Crippen molar-refractivity contribution in [2.75, 3.05) is 13.2 Å². The Bertz CT molecular complexity index is 974. The minimum Gasteiger partial charge on any atom is -0.480 e. The smallest absolute Gasteiger partial charge is 0.407 e. The normalized spacial score (nSPS) is 13.8. The van der Waals surface area contributed by atoms with Crippen molar-refractivity contribution >= 4 is 18.0 Å². The molecule has 0 saturated carbocycles. The van der Waals surface area contributed by atoms with Gasteiger partial charge in [0.2, 0.25) is 5.91 Å². The number of allylic oxidation sites excluding steroid dienone is 1. The number of benzene rings is 2. The lowest BCUT2D eigenvalue weighted by atomic mass is 9.98. The molecule has 0 fully saturated rings. The predicted molar refractivity (Wildman–Crippen MR) is 126 cm³/mol. The molecule has 7 heteroatoms. The van der Waals surface area contributed by atoms with Gasteiger partial charge in [0.05, 0.1) is 0 Å². The van der Waals surface area contributed by atoms with Crippen molar-refractivity contribution in [2.45, 2.75) is 38.1 Å². The van der Waals surface area contributed by atoms with Gasteiger partial charge in [-0.25, -0.2) is 9.59 Å². The van der Waals surface area contributed by atoms with Crippen LogP contribution in [0.25, 0.3) is 11.1 Å². The molecule has 0 radical (unpaired) electrons. The number of aliphatic carboxylic acids is 1. The minimum atomic E-state index is -1.07. The van der Waals surface area contributed by atoms with Crippen LogP contribution in [0.15, 0.2) is 61.2 Å². The van der Waals surface area contributed by atoms with Gasteiger partial charge in [-0.15, -0.1) is 6.58 Å². The summed E-state index contributed by atoms with van der Waals surface area (Å²) in [5.41, 5.74) is 4.60. The Balaban J connectivity index is 1.46. The molecule has 3 N–H and O–H groups in total. The molecule has 2 amide bonds. The van der Waals surface area contributed by atoms with E-state index in [0.29, 0.717) is 6.42 Å². The number of hydrogen-bond donors (Lipinski definition) is 3. The summed E-state index contributed by atoms with van der Waals surface area (Å²) in [6.45, 7) is 5.84. The van der Waals surface area contributed by atoms with E-state index in [0.717, 1.165) is 22.3 Å². The van der Waals surface area contributed by atoms with Gasteiger partial charge in [-0.3, -0.25) is 4.79 Å². The van der Waals surface area contributed by atoms with Crippen molar-refractivity contribution in [1.29, 1.82) is 0 Å². The molecular weight excluding hydrogens is 420 g/mol. The van der Waals surface area contributed by atoms with Crippen LogP contribution in [0.5, 0.6) is 0 Å². The zero-order chi connectivity index (χ0) is 23.8. The zero-order valence-electron chi connectivity index (χ0n) is 18.8. The van der Waals surface area contributed by atoms with Gasteiger partial charge in [0, 0.05) is 18.9 Å². The molecule has 1 aliphatic rings. The second kappa shape index (κ2) is 11.3. The van der Waals surface area contributed by atoms with Crippen LogP contribution in [0.3, 0.4) is 0 Å². The lowest BCUT2D eigenvalue weighted by Crippen LogP contribution is -2.42. The standard InChI is InChI=1S/C26H30N2O5/c1-3-4-13-23(25(30)31)28-24(29)14-17(2)15-27-26(32)33-16-22-20-11-7-5-9-18(20)19-10-6-8-12-21(19)22/h3,5-12,17,22-23H,1,4,13-16H2,2H3,(H,27,32)(H,28,29)(H,30,31). The van der Waals surface area contributed by atoms with E-state index in [1.807, 2.05) is 31.2 Å². The van der Waals surface area contributed by atoms with Crippen LogP contribution in [-0.2, 0) is 14.3 Å². The molecular formula is C26H30N2O5.